The van der Waals surface area contributed by atoms with Crippen molar-refractivity contribution in [2.45, 2.75) is 18.0 Å². The first-order valence-electron chi connectivity index (χ1n) is 8.30. The smallest absolute Gasteiger partial charge is 0.351 e. The molecule has 0 aromatic heterocycles. The molecule has 10 heteroatoms. The van der Waals surface area contributed by atoms with Crippen LogP contribution in [0.25, 0.3) is 0 Å². The molecule has 0 atom stereocenters. The number of amides is 1. The number of carbonyl (C=O) groups is 1. The lowest BCUT2D eigenvalue weighted by Gasteiger charge is -2.25. The Morgan fingerprint density at radius 1 is 1.21 bits per heavy atom. The number of hydrogen-bond donors (Lipinski definition) is 1. The number of nitrogens with one attached hydrogen (secondary N) is 1. The summed E-state index contributed by atoms with van der Waals surface area (Å²) < 4.78 is 66.6. The fraction of sp³-hybridized carbons (Fsp3) is 0.211. The first-order chi connectivity index (χ1) is 13.5. The van der Waals surface area contributed by atoms with Crippen LogP contribution < -0.4 is 9.62 Å². The van der Waals surface area contributed by atoms with E-state index in [0.717, 1.165) is 17.7 Å². The lowest BCUT2D eigenvalue weighted by atomic mass is 10.2. The van der Waals surface area contributed by atoms with Crippen molar-refractivity contribution in [1.82, 2.24) is 5.32 Å². The summed E-state index contributed by atoms with van der Waals surface area (Å²) in [4.78, 5) is 12.0. The van der Waals surface area contributed by atoms with Crippen LogP contribution in [0.3, 0.4) is 0 Å². The molecule has 2 aromatic carbocycles. The molecule has 0 saturated heterocycles. The largest absolute Gasteiger partial charge is 0.417 e. The van der Waals surface area contributed by atoms with E-state index in [1.807, 2.05) is 0 Å². The van der Waals surface area contributed by atoms with Crippen LogP contribution >= 0.6 is 11.6 Å². The maximum atomic E-state index is 13.2. The van der Waals surface area contributed by atoms with E-state index in [0.29, 0.717) is 10.4 Å². The minimum atomic E-state index is -4.79. The quantitative estimate of drug-likeness (QED) is 0.649. The number of rotatable bonds is 7. The Bertz CT molecular complexity index is 1010. The minimum absolute atomic E-state index is 0.0751. The number of aryl methyl sites for hydroxylation is 1. The summed E-state index contributed by atoms with van der Waals surface area (Å²) in [6.07, 6.45) is -3.40. The zero-order chi connectivity index (χ0) is 21.8. The van der Waals surface area contributed by atoms with E-state index in [-0.39, 0.29) is 17.1 Å². The molecule has 0 fully saturated rings. The van der Waals surface area contributed by atoms with Gasteiger partial charge >= 0.3 is 6.18 Å². The van der Waals surface area contributed by atoms with Crippen molar-refractivity contribution in [3.05, 3.63) is 71.3 Å². The maximum absolute atomic E-state index is 13.2. The lowest BCUT2D eigenvalue weighted by Crippen LogP contribution is -2.41. The van der Waals surface area contributed by atoms with Crippen LogP contribution in [0.15, 0.2) is 60.0 Å². The summed E-state index contributed by atoms with van der Waals surface area (Å²) in [5.74, 6) is -0.705. The van der Waals surface area contributed by atoms with Gasteiger partial charge in [0, 0.05) is 6.54 Å². The van der Waals surface area contributed by atoms with E-state index in [9.17, 15) is 26.4 Å². The molecule has 1 amide bonds. The van der Waals surface area contributed by atoms with Crippen molar-refractivity contribution in [2.75, 3.05) is 17.4 Å². The normalized spacial score (nSPS) is 11.8. The van der Waals surface area contributed by atoms with E-state index < -0.39 is 39.2 Å². The maximum Gasteiger partial charge on any atom is 0.417 e. The van der Waals surface area contributed by atoms with Gasteiger partial charge in [0.15, 0.2) is 0 Å². The van der Waals surface area contributed by atoms with Gasteiger partial charge in [-0.2, -0.15) is 13.2 Å². The Morgan fingerprint density at radius 3 is 2.38 bits per heavy atom. The number of carbonyl (C=O) groups excluding carboxylic acids is 1. The average Bonchev–Trinajstić information content (AvgIpc) is 2.64. The Morgan fingerprint density at radius 2 is 1.83 bits per heavy atom. The minimum Gasteiger partial charge on any atom is -0.351 e. The van der Waals surface area contributed by atoms with E-state index in [1.54, 1.807) is 19.1 Å². The summed E-state index contributed by atoms with van der Waals surface area (Å²) in [5, 5.41) is 1.83. The molecule has 5 nitrogen and oxygen atoms in total. The van der Waals surface area contributed by atoms with Crippen molar-refractivity contribution in [3.63, 3.8) is 0 Å². The van der Waals surface area contributed by atoms with Gasteiger partial charge in [-0.1, -0.05) is 35.4 Å². The first-order valence-corrected chi connectivity index (χ1v) is 10.1. The number of alkyl halides is 3. The molecule has 0 heterocycles. The molecule has 0 aliphatic rings. The highest BCUT2D eigenvalue weighted by Gasteiger charge is 2.35. The van der Waals surface area contributed by atoms with Crippen LogP contribution in [0.5, 0.6) is 0 Å². The fourth-order valence-electron chi connectivity index (χ4n) is 2.41. The van der Waals surface area contributed by atoms with Crippen molar-refractivity contribution in [2.24, 2.45) is 0 Å². The van der Waals surface area contributed by atoms with Gasteiger partial charge in [0.05, 0.1) is 21.2 Å². The van der Waals surface area contributed by atoms with Gasteiger partial charge in [0.2, 0.25) is 5.91 Å². The van der Waals surface area contributed by atoms with Crippen LogP contribution in [0.1, 0.15) is 11.1 Å². The molecule has 0 saturated carbocycles. The monoisotopic (exact) mass is 446 g/mol. The van der Waals surface area contributed by atoms with Gasteiger partial charge in [-0.25, -0.2) is 8.42 Å². The summed E-state index contributed by atoms with van der Waals surface area (Å²) >= 11 is 5.63. The van der Waals surface area contributed by atoms with E-state index in [1.165, 1.54) is 18.2 Å². The van der Waals surface area contributed by atoms with Gasteiger partial charge in [0.25, 0.3) is 10.0 Å². The summed E-state index contributed by atoms with van der Waals surface area (Å²) in [6.45, 7) is 4.55. The van der Waals surface area contributed by atoms with Crippen LogP contribution in [-0.4, -0.2) is 27.4 Å². The molecule has 0 aliphatic carbocycles. The molecule has 2 rings (SSSR count). The summed E-state index contributed by atoms with van der Waals surface area (Å²) in [5.41, 5.74) is -0.742. The Balaban J connectivity index is 2.57. The van der Waals surface area contributed by atoms with Crippen LogP contribution in [0, 0.1) is 6.92 Å². The average molecular weight is 447 g/mol. The van der Waals surface area contributed by atoms with E-state index >= 15 is 0 Å². The highest BCUT2D eigenvalue weighted by molar-refractivity contribution is 7.92. The SMILES string of the molecule is C=CCNC(=O)CN(c1ccc(Cl)c(C(F)(F)F)c1)S(=O)(=O)c1ccc(C)cc1. The number of nitrogens with zero attached hydrogens (tertiary/aromatic N) is 1. The van der Waals surface area contributed by atoms with Crippen molar-refractivity contribution >= 4 is 33.2 Å². The molecule has 156 valence electrons. The predicted octanol–water partition coefficient (Wildman–Crippen LogP) is 4.16. The highest BCUT2D eigenvalue weighted by atomic mass is 35.5. The summed E-state index contributed by atoms with van der Waals surface area (Å²) in [7, 11) is -4.33. The predicted molar refractivity (Wildman–Crippen MR) is 105 cm³/mol. The standard InChI is InChI=1S/C19H18ClF3N2O3S/c1-3-10-24-18(26)12-25(29(27,28)15-7-4-13(2)5-8-15)14-6-9-17(20)16(11-14)19(21,22)23/h3-9,11H,1,10,12H2,2H3,(H,24,26). The fourth-order valence-corrected chi connectivity index (χ4v) is 4.05. The molecule has 2 aromatic rings. The van der Waals surface area contributed by atoms with Crippen LogP contribution in [0.2, 0.25) is 5.02 Å². The molecule has 0 unspecified atom stereocenters. The third-order valence-electron chi connectivity index (χ3n) is 3.88. The third-order valence-corrected chi connectivity index (χ3v) is 6.00. The second kappa shape index (κ2) is 8.87. The highest BCUT2D eigenvalue weighted by Crippen LogP contribution is 2.38. The van der Waals surface area contributed by atoms with Gasteiger partial charge in [-0.15, -0.1) is 6.58 Å². The summed E-state index contributed by atoms with van der Waals surface area (Å²) in [6, 6.07) is 8.40. The molecule has 0 aliphatic heterocycles. The van der Waals surface area contributed by atoms with E-state index in [4.69, 9.17) is 11.6 Å². The number of hydrogen-bond acceptors (Lipinski definition) is 3. The van der Waals surface area contributed by atoms with Crippen LogP contribution in [-0.2, 0) is 21.0 Å². The van der Waals surface area contributed by atoms with Crippen molar-refractivity contribution < 1.29 is 26.4 Å². The second-order valence-electron chi connectivity index (χ2n) is 6.08. The Kier molecular flexibility index (Phi) is 6.97. The van der Waals surface area contributed by atoms with Gasteiger partial charge < -0.3 is 5.32 Å². The van der Waals surface area contributed by atoms with Gasteiger partial charge in [0.1, 0.15) is 6.54 Å². The molecule has 1 N–H and O–H groups in total. The lowest BCUT2D eigenvalue weighted by molar-refractivity contribution is -0.137. The van der Waals surface area contributed by atoms with Gasteiger partial charge in [-0.05, 0) is 37.3 Å². The first kappa shape index (κ1) is 22.8. The zero-order valence-corrected chi connectivity index (χ0v) is 16.9. The third kappa shape index (κ3) is 5.51. The Hall–Kier alpha value is -2.52. The van der Waals surface area contributed by atoms with Crippen molar-refractivity contribution in [1.29, 1.82) is 0 Å². The zero-order valence-electron chi connectivity index (χ0n) is 15.3. The molecule has 0 radical (unpaired) electrons. The van der Waals surface area contributed by atoms with Gasteiger partial charge in [-0.3, -0.25) is 9.10 Å². The molecular weight excluding hydrogens is 429 g/mol. The molecular formula is C19H18ClF3N2O3S. The van der Waals surface area contributed by atoms with Crippen molar-refractivity contribution in [3.8, 4) is 0 Å². The number of halogens is 4. The number of benzene rings is 2. The molecule has 0 spiro atoms. The number of anilines is 1. The topological polar surface area (TPSA) is 66.5 Å². The van der Waals surface area contributed by atoms with Crippen LogP contribution in [0.4, 0.5) is 18.9 Å². The second-order valence-corrected chi connectivity index (χ2v) is 8.35. The number of sulfonamides is 1. The van der Waals surface area contributed by atoms with E-state index in [2.05, 4.69) is 11.9 Å². The Labute approximate surface area is 171 Å². The molecule has 0 bridgehead atoms. The molecule has 29 heavy (non-hydrogen) atoms.